The van der Waals surface area contributed by atoms with Crippen molar-refractivity contribution in [3.8, 4) is 11.1 Å². The number of benzene rings is 1. The highest BCUT2D eigenvalue weighted by Gasteiger charge is 2.20. The molecule has 0 aliphatic carbocycles. The molecular weight excluding hydrogens is 272 g/mol. The number of rotatable bonds is 1. The third-order valence-corrected chi connectivity index (χ3v) is 3.44. The van der Waals surface area contributed by atoms with Crippen molar-refractivity contribution in [2.24, 2.45) is 0 Å². The average molecular weight is 285 g/mol. The number of aromatic nitrogens is 2. The van der Waals surface area contributed by atoms with Gasteiger partial charge in [-0.15, -0.1) is 5.43 Å². The fraction of sp³-hybridized carbons (Fsp3) is 0.0667. The lowest BCUT2D eigenvalue weighted by Gasteiger charge is -2.04. The van der Waals surface area contributed by atoms with Gasteiger partial charge in [-0.2, -0.15) is 5.43 Å². The van der Waals surface area contributed by atoms with E-state index >= 15 is 0 Å². The summed E-state index contributed by atoms with van der Waals surface area (Å²) in [4.78, 5) is 4.55. The fourth-order valence-electron chi connectivity index (χ4n) is 2.46. The molecule has 0 unspecified atom stereocenters. The van der Waals surface area contributed by atoms with Gasteiger partial charge in [0.15, 0.2) is 6.67 Å². The monoisotopic (exact) mass is 284 g/mol. The summed E-state index contributed by atoms with van der Waals surface area (Å²) in [5.74, 6) is 1.07. The highest BCUT2D eigenvalue weighted by Crippen LogP contribution is 2.25. The summed E-state index contributed by atoms with van der Waals surface area (Å²) >= 11 is 0. The number of fused-ring (bicyclic) bond motifs is 3. The molecule has 1 aliphatic rings. The van der Waals surface area contributed by atoms with Gasteiger partial charge in [-0.1, -0.05) is 30.3 Å². The zero-order chi connectivity index (χ0) is 12.7. The normalized spacial score (nSPS) is 12.6. The maximum atomic E-state index is 4.55. The number of hydrogen-bond donors (Lipinski definition) is 2. The Morgan fingerprint density at radius 1 is 1.05 bits per heavy atom. The fourth-order valence-corrected chi connectivity index (χ4v) is 2.46. The van der Waals surface area contributed by atoms with Crippen LogP contribution in [0, 0.1) is 0 Å². The Morgan fingerprint density at radius 3 is 2.75 bits per heavy atom. The van der Waals surface area contributed by atoms with Crippen LogP contribution in [0.25, 0.3) is 22.0 Å². The van der Waals surface area contributed by atoms with Crippen molar-refractivity contribution in [2.45, 2.75) is 6.67 Å². The zero-order valence-electron chi connectivity index (χ0n) is 10.7. The van der Waals surface area contributed by atoms with E-state index < -0.39 is 0 Å². The van der Waals surface area contributed by atoms with Gasteiger partial charge in [0.2, 0.25) is 0 Å². The molecule has 0 atom stereocenters. The molecule has 0 bridgehead atoms. The van der Waals surface area contributed by atoms with E-state index in [1.165, 1.54) is 5.56 Å². The van der Waals surface area contributed by atoms with Crippen LogP contribution in [0.2, 0.25) is 0 Å². The van der Waals surface area contributed by atoms with Gasteiger partial charge >= 0.3 is 5.82 Å². The van der Waals surface area contributed by atoms with Crippen LogP contribution in [0.3, 0.4) is 0 Å². The standard InChI is InChI=1S/C15H12N4.ClH/c1-2-4-11(5-3-1)12-8-13-14(16-9-12)6-7-19-10-17-18-15(13)19;/h1-9,17H,10H2;1H. The molecule has 1 aromatic carbocycles. The molecule has 4 nitrogen and oxygen atoms in total. The Kier molecular flexibility index (Phi) is 3.26. The quantitative estimate of drug-likeness (QED) is 0.568. The number of nitrogens with one attached hydrogen (secondary N) is 2. The minimum atomic E-state index is 0. The van der Waals surface area contributed by atoms with Gasteiger partial charge in [-0.25, -0.2) is 4.57 Å². The summed E-state index contributed by atoms with van der Waals surface area (Å²) in [5.41, 5.74) is 9.64. The zero-order valence-corrected chi connectivity index (χ0v) is 11.4. The molecule has 0 amide bonds. The van der Waals surface area contributed by atoms with Crippen molar-refractivity contribution in [1.82, 2.24) is 10.4 Å². The summed E-state index contributed by atoms with van der Waals surface area (Å²) in [6, 6.07) is 14.5. The van der Waals surface area contributed by atoms with Crippen LogP contribution >= 0.6 is 0 Å². The smallest absolute Gasteiger partial charge is 0.303 e. The first-order valence-corrected chi connectivity index (χ1v) is 6.28. The third kappa shape index (κ3) is 1.99. The SMILES string of the molecule is [Cl-].c1ccc(-c2cnc3cc[n+]4c(c3c2)NNC4)cc1. The molecule has 2 aromatic heterocycles. The summed E-state index contributed by atoms with van der Waals surface area (Å²) in [6.07, 6.45) is 3.97. The first kappa shape index (κ1) is 12.8. The van der Waals surface area contributed by atoms with Gasteiger partial charge in [0.05, 0.1) is 17.1 Å². The second-order valence-electron chi connectivity index (χ2n) is 4.62. The van der Waals surface area contributed by atoms with Crippen molar-refractivity contribution in [1.29, 1.82) is 0 Å². The van der Waals surface area contributed by atoms with E-state index in [4.69, 9.17) is 0 Å². The summed E-state index contributed by atoms with van der Waals surface area (Å²) in [7, 11) is 0. The molecule has 3 aromatic rings. The number of halogens is 1. The van der Waals surface area contributed by atoms with Crippen LogP contribution in [0.15, 0.2) is 54.9 Å². The molecule has 4 rings (SSSR count). The van der Waals surface area contributed by atoms with Gasteiger partial charge in [0.25, 0.3) is 0 Å². The molecule has 0 fully saturated rings. The van der Waals surface area contributed by atoms with Gasteiger partial charge in [0.1, 0.15) is 0 Å². The number of anilines is 1. The van der Waals surface area contributed by atoms with Crippen LogP contribution in [0.5, 0.6) is 0 Å². The molecule has 100 valence electrons. The molecule has 2 N–H and O–H groups in total. The van der Waals surface area contributed by atoms with Crippen LogP contribution in [0.4, 0.5) is 5.82 Å². The van der Waals surface area contributed by atoms with Crippen LogP contribution in [-0.4, -0.2) is 4.98 Å². The summed E-state index contributed by atoms with van der Waals surface area (Å²) in [5, 5.41) is 1.13. The lowest BCUT2D eigenvalue weighted by molar-refractivity contribution is -0.674. The van der Waals surface area contributed by atoms with E-state index in [1.54, 1.807) is 0 Å². The van der Waals surface area contributed by atoms with E-state index in [2.05, 4.69) is 38.6 Å². The van der Waals surface area contributed by atoms with Crippen molar-refractivity contribution in [3.63, 3.8) is 0 Å². The lowest BCUT2D eigenvalue weighted by Crippen LogP contribution is -3.00. The third-order valence-electron chi connectivity index (χ3n) is 3.44. The minimum Gasteiger partial charge on any atom is -1.00 e. The van der Waals surface area contributed by atoms with Gasteiger partial charge < -0.3 is 12.4 Å². The highest BCUT2D eigenvalue weighted by atomic mass is 35.5. The topological polar surface area (TPSA) is 40.8 Å². The molecule has 0 saturated carbocycles. The molecular formula is C15H13ClN4. The van der Waals surface area contributed by atoms with Crippen LogP contribution in [-0.2, 0) is 6.67 Å². The number of pyridine rings is 2. The summed E-state index contributed by atoms with van der Waals surface area (Å²) in [6.45, 7) is 0.779. The second kappa shape index (κ2) is 5.07. The van der Waals surface area contributed by atoms with Crippen molar-refractivity contribution < 1.29 is 17.0 Å². The maximum Gasteiger partial charge on any atom is 0.303 e. The molecule has 0 spiro atoms. The first-order chi connectivity index (χ1) is 9.42. The first-order valence-electron chi connectivity index (χ1n) is 6.28. The molecule has 5 heteroatoms. The Morgan fingerprint density at radius 2 is 1.90 bits per heavy atom. The number of hydrazine groups is 1. The molecule has 20 heavy (non-hydrogen) atoms. The lowest BCUT2D eigenvalue weighted by atomic mass is 10.1. The largest absolute Gasteiger partial charge is 1.00 e. The minimum absolute atomic E-state index is 0. The second-order valence-corrected chi connectivity index (χ2v) is 4.62. The average Bonchev–Trinajstić information content (AvgIpc) is 2.96. The summed E-state index contributed by atoms with van der Waals surface area (Å²) < 4.78 is 2.14. The number of nitrogens with zero attached hydrogens (tertiary/aromatic N) is 2. The Labute approximate surface area is 122 Å². The molecule has 3 heterocycles. The van der Waals surface area contributed by atoms with E-state index in [9.17, 15) is 0 Å². The number of hydrogen-bond acceptors (Lipinski definition) is 3. The maximum absolute atomic E-state index is 4.55. The molecule has 1 aliphatic heterocycles. The van der Waals surface area contributed by atoms with Gasteiger partial charge in [-0.05, 0) is 11.6 Å². The molecule has 0 saturated heterocycles. The van der Waals surface area contributed by atoms with Crippen molar-refractivity contribution in [3.05, 3.63) is 54.9 Å². The van der Waals surface area contributed by atoms with Crippen LogP contribution in [0.1, 0.15) is 0 Å². The Balaban J connectivity index is 0.00000121. The van der Waals surface area contributed by atoms with Gasteiger partial charge in [0, 0.05) is 17.8 Å². The predicted octanol–water partition coefficient (Wildman–Crippen LogP) is -0.919. The van der Waals surface area contributed by atoms with E-state index in [0.717, 1.165) is 29.0 Å². The Bertz CT molecular complexity index is 758. The van der Waals surface area contributed by atoms with E-state index in [-0.39, 0.29) is 12.4 Å². The Hall–Kier alpha value is -2.17. The van der Waals surface area contributed by atoms with Crippen molar-refractivity contribution in [2.75, 3.05) is 5.43 Å². The molecule has 0 radical (unpaired) electrons. The van der Waals surface area contributed by atoms with E-state index in [0.29, 0.717) is 0 Å². The van der Waals surface area contributed by atoms with E-state index in [1.807, 2.05) is 36.7 Å². The van der Waals surface area contributed by atoms with Crippen LogP contribution < -0.4 is 27.8 Å². The van der Waals surface area contributed by atoms with Crippen molar-refractivity contribution >= 4 is 16.7 Å². The van der Waals surface area contributed by atoms with Gasteiger partial charge in [-0.3, -0.25) is 4.98 Å². The predicted molar refractivity (Wildman–Crippen MR) is 74.1 cm³/mol. The highest BCUT2D eigenvalue weighted by molar-refractivity contribution is 5.90.